The molecule has 80 valence electrons. The van der Waals surface area contributed by atoms with Crippen molar-refractivity contribution >= 4 is 11.0 Å². The molecule has 0 aliphatic rings. The molecule has 3 aromatic rings. The summed E-state index contributed by atoms with van der Waals surface area (Å²) in [6.07, 6.45) is 0. The van der Waals surface area contributed by atoms with Gasteiger partial charge in [0.05, 0.1) is 0 Å². The van der Waals surface area contributed by atoms with Gasteiger partial charge >= 0.3 is 51.4 Å². The van der Waals surface area contributed by atoms with Crippen molar-refractivity contribution in [1.82, 2.24) is 20.3 Å². The summed E-state index contributed by atoms with van der Waals surface area (Å²) in [5.74, 6) is -0.0655. The van der Waals surface area contributed by atoms with Crippen LogP contribution in [0.5, 0.6) is 0 Å². The number of imidazole rings is 1. The van der Waals surface area contributed by atoms with E-state index in [-0.39, 0.29) is 56.9 Å². The van der Waals surface area contributed by atoms with Crippen molar-refractivity contribution in [3.05, 3.63) is 29.7 Å². The van der Waals surface area contributed by atoms with Crippen LogP contribution < -0.4 is 56.4 Å². The number of hydrogen-bond donors (Lipinski definition) is 0. The smallest absolute Gasteiger partial charge is 0.434 e. The van der Waals surface area contributed by atoms with Gasteiger partial charge in [-0.1, -0.05) is 22.4 Å². The SMILES string of the molecule is Cc1nonc1-c1nc2cccc(F)c2[n-]1.[K+]. The summed E-state index contributed by atoms with van der Waals surface area (Å²) in [5.41, 5.74) is 1.75. The number of fused-ring (bicyclic) bond motifs is 1. The van der Waals surface area contributed by atoms with E-state index in [1.54, 1.807) is 19.1 Å². The Kier molecular flexibility index (Phi) is 3.74. The number of rotatable bonds is 1. The monoisotopic (exact) mass is 256 g/mol. The molecule has 1 aromatic carbocycles. The molecule has 0 bridgehead atoms. The molecule has 5 nitrogen and oxygen atoms in total. The van der Waals surface area contributed by atoms with Crippen molar-refractivity contribution in [2.24, 2.45) is 0 Å². The van der Waals surface area contributed by atoms with Gasteiger partial charge in [0.15, 0.2) is 0 Å². The van der Waals surface area contributed by atoms with Gasteiger partial charge < -0.3 is 9.97 Å². The Balaban J connectivity index is 0.00000108. The van der Waals surface area contributed by atoms with Gasteiger partial charge in [0.2, 0.25) is 0 Å². The van der Waals surface area contributed by atoms with E-state index in [1.807, 2.05) is 0 Å². The molecule has 0 N–H and O–H groups in total. The standard InChI is InChI=1S/C10H6FN4O.K/c1-5-8(15-16-14-5)10-12-7-4-2-3-6(11)9(7)13-10;/h2-4H,1H3;/q-1;+1. The molecule has 0 atom stereocenters. The van der Waals surface area contributed by atoms with Gasteiger partial charge in [-0.2, -0.15) is 0 Å². The molecule has 0 aliphatic heterocycles. The van der Waals surface area contributed by atoms with E-state index in [1.165, 1.54) is 6.07 Å². The van der Waals surface area contributed by atoms with Crippen LogP contribution in [0.3, 0.4) is 0 Å². The minimum absolute atomic E-state index is 0. The molecule has 0 amide bonds. The fraction of sp³-hybridized carbons (Fsp3) is 0.100. The Morgan fingerprint density at radius 3 is 2.76 bits per heavy atom. The predicted octanol–water partition coefficient (Wildman–Crippen LogP) is -1.31. The summed E-state index contributed by atoms with van der Waals surface area (Å²) >= 11 is 0. The maximum Gasteiger partial charge on any atom is 1.00 e. The van der Waals surface area contributed by atoms with Crippen LogP contribution in [0, 0.1) is 12.7 Å². The van der Waals surface area contributed by atoms with Crippen LogP contribution in [0.2, 0.25) is 0 Å². The third-order valence-corrected chi connectivity index (χ3v) is 2.27. The van der Waals surface area contributed by atoms with Crippen LogP contribution >= 0.6 is 0 Å². The maximum atomic E-state index is 13.4. The molecule has 0 saturated carbocycles. The van der Waals surface area contributed by atoms with Crippen LogP contribution in [-0.4, -0.2) is 15.3 Å². The maximum absolute atomic E-state index is 13.4. The second-order valence-corrected chi connectivity index (χ2v) is 3.35. The summed E-state index contributed by atoms with van der Waals surface area (Å²) in [6, 6.07) is 4.62. The minimum atomic E-state index is -0.398. The van der Waals surface area contributed by atoms with E-state index < -0.39 is 5.82 Å². The first-order chi connectivity index (χ1) is 7.75. The zero-order valence-electron chi connectivity index (χ0n) is 9.31. The van der Waals surface area contributed by atoms with E-state index in [0.29, 0.717) is 22.7 Å². The average Bonchev–Trinajstić information content (AvgIpc) is 2.84. The first-order valence-corrected chi connectivity index (χ1v) is 4.64. The molecular formula is C10H6FKN4O. The van der Waals surface area contributed by atoms with E-state index in [9.17, 15) is 4.39 Å². The fourth-order valence-corrected chi connectivity index (χ4v) is 1.49. The number of halogens is 1. The van der Waals surface area contributed by atoms with Crippen molar-refractivity contribution in [2.75, 3.05) is 0 Å². The van der Waals surface area contributed by atoms with Crippen LogP contribution in [0.25, 0.3) is 22.6 Å². The number of nitrogens with zero attached hydrogens (tertiary/aromatic N) is 4. The third-order valence-electron chi connectivity index (χ3n) is 2.27. The van der Waals surface area contributed by atoms with E-state index >= 15 is 0 Å². The molecule has 0 radical (unpaired) electrons. The van der Waals surface area contributed by atoms with Crippen LogP contribution in [-0.2, 0) is 0 Å². The van der Waals surface area contributed by atoms with Crippen LogP contribution in [0.4, 0.5) is 4.39 Å². The van der Waals surface area contributed by atoms with Crippen molar-refractivity contribution in [3.63, 3.8) is 0 Å². The van der Waals surface area contributed by atoms with Gasteiger partial charge in [0, 0.05) is 0 Å². The molecule has 0 fully saturated rings. The Morgan fingerprint density at radius 1 is 1.29 bits per heavy atom. The van der Waals surface area contributed by atoms with E-state index in [2.05, 4.69) is 24.9 Å². The van der Waals surface area contributed by atoms with Gasteiger partial charge in [-0.15, -0.1) is 0 Å². The van der Waals surface area contributed by atoms with Gasteiger partial charge in [-0.25, -0.2) is 9.02 Å². The van der Waals surface area contributed by atoms with Crippen molar-refractivity contribution in [3.8, 4) is 11.5 Å². The van der Waals surface area contributed by atoms with Crippen LogP contribution in [0.1, 0.15) is 5.69 Å². The zero-order chi connectivity index (χ0) is 11.1. The number of aromatic nitrogens is 4. The quantitative estimate of drug-likeness (QED) is 0.506. The normalized spacial score (nSPS) is 10.5. The van der Waals surface area contributed by atoms with Crippen LogP contribution in [0.15, 0.2) is 22.8 Å². The summed E-state index contributed by atoms with van der Waals surface area (Å²) in [7, 11) is 0. The van der Waals surface area contributed by atoms with E-state index in [4.69, 9.17) is 0 Å². The first-order valence-electron chi connectivity index (χ1n) is 4.64. The summed E-state index contributed by atoms with van der Waals surface area (Å²) in [4.78, 5) is 8.23. The largest absolute Gasteiger partial charge is 1.00 e. The molecule has 0 spiro atoms. The molecule has 0 unspecified atom stereocenters. The fourth-order valence-electron chi connectivity index (χ4n) is 1.49. The third kappa shape index (κ3) is 2.21. The Bertz CT molecular complexity index is 663. The molecule has 7 heteroatoms. The Labute approximate surface area is 138 Å². The summed E-state index contributed by atoms with van der Waals surface area (Å²) in [5, 5.41) is 7.30. The zero-order valence-corrected chi connectivity index (χ0v) is 12.4. The topological polar surface area (TPSA) is 65.9 Å². The molecule has 2 heterocycles. The van der Waals surface area contributed by atoms with Crippen molar-refractivity contribution in [2.45, 2.75) is 6.92 Å². The van der Waals surface area contributed by atoms with Gasteiger partial charge in [0.25, 0.3) is 0 Å². The summed E-state index contributed by atoms with van der Waals surface area (Å²) < 4.78 is 17.9. The molecule has 0 aliphatic carbocycles. The Morgan fingerprint density at radius 2 is 2.12 bits per heavy atom. The van der Waals surface area contributed by atoms with Gasteiger partial charge in [0.1, 0.15) is 17.2 Å². The number of benzene rings is 1. The second-order valence-electron chi connectivity index (χ2n) is 3.35. The number of aryl methyl sites for hydroxylation is 1. The number of hydrogen-bond acceptors (Lipinski definition) is 4. The first kappa shape index (κ1) is 12.8. The van der Waals surface area contributed by atoms with Gasteiger partial charge in [-0.05, 0) is 29.8 Å². The van der Waals surface area contributed by atoms with Gasteiger partial charge in [-0.3, -0.25) is 0 Å². The molecular weight excluding hydrogens is 250 g/mol. The predicted molar refractivity (Wildman–Crippen MR) is 53.1 cm³/mol. The average molecular weight is 256 g/mol. The number of para-hydroxylation sites is 1. The molecule has 2 aromatic heterocycles. The summed E-state index contributed by atoms with van der Waals surface area (Å²) in [6.45, 7) is 1.73. The molecule has 3 rings (SSSR count). The van der Waals surface area contributed by atoms with Crippen molar-refractivity contribution in [1.29, 1.82) is 0 Å². The van der Waals surface area contributed by atoms with E-state index in [0.717, 1.165) is 0 Å². The second kappa shape index (κ2) is 4.95. The molecule has 0 saturated heterocycles. The van der Waals surface area contributed by atoms with Crippen molar-refractivity contribution < 1.29 is 60.4 Å². The molecule has 17 heavy (non-hydrogen) atoms. The minimum Gasteiger partial charge on any atom is -0.434 e. The Hall–Kier alpha value is -0.604.